The summed E-state index contributed by atoms with van der Waals surface area (Å²) in [6.07, 6.45) is 6.77. The summed E-state index contributed by atoms with van der Waals surface area (Å²) >= 11 is 0. The largest absolute Gasteiger partial charge is 0.336 e. The summed E-state index contributed by atoms with van der Waals surface area (Å²) in [5, 5.41) is 11.1. The van der Waals surface area contributed by atoms with Gasteiger partial charge in [-0.15, -0.1) is 10.2 Å². The zero-order valence-electron chi connectivity index (χ0n) is 17.0. The van der Waals surface area contributed by atoms with Crippen molar-refractivity contribution in [1.29, 1.82) is 0 Å². The second-order valence-electron chi connectivity index (χ2n) is 8.00. The Labute approximate surface area is 170 Å². The summed E-state index contributed by atoms with van der Waals surface area (Å²) in [4.78, 5) is 29.4. The lowest BCUT2D eigenvalue weighted by molar-refractivity contribution is 0.0635. The number of aryl methyl sites for hydroxylation is 1. The standard InChI is InChI=1S/C21H28N6O2/c1-15-6-3-4-12-26(15)20(28)16-8-10-17(11-9-16)23-21(29)27-13-5-7-18(27)19-24-22-14-25(19)2/h8-11,14-15,18H,3-7,12-13H2,1-2H3,(H,23,29)/t15-,18-/m1/s1. The number of likely N-dealkylation sites (tertiary alicyclic amines) is 2. The van der Waals surface area contributed by atoms with E-state index >= 15 is 0 Å². The van der Waals surface area contributed by atoms with Crippen LogP contribution in [-0.2, 0) is 7.05 Å². The number of piperidine rings is 1. The summed E-state index contributed by atoms with van der Waals surface area (Å²) < 4.78 is 1.86. The number of carbonyl (C=O) groups is 2. The van der Waals surface area contributed by atoms with Crippen LogP contribution in [0.3, 0.4) is 0 Å². The molecule has 2 aliphatic rings. The summed E-state index contributed by atoms with van der Waals surface area (Å²) in [6.45, 7) is 3.61. The van der Waals surface area contributed by atoms with E-state index in [0.29, 0.717) is 17.8 Å². The van der Waals surface area contributed by atoms with Crippen LogP contribution in [0.5, 0.6) is 0 Å². The molecule has 2 atom stereocenters. The fourth-order valence-corrected chi connectivity index (χ4v) is 4.33. The fraction of sp³-hybridized carbons (Fsp3) is 0.524. The van der Waals surface area contributed by atoms with E-state index in [2.05, 4.69) is 22.4 Å². The molecule has 2 fully saturated rings. The Hall–Kier alpha value is -2.90. The minimum absolute atomic E-state index is 0.0658. The summed E-state index contributed by atoms with van der Waals surface area (Å²) in [5.41, 5.74) is 1.34. The van der Waals surface area contributed by atoms with Crippen molar-refractivity contribution < 1.29 is 9.59 Å². The van der Waals surface area contributed by atoms with Gasteiger partial charge in [-0.2, -0.15) is 0 Å². The smallest absolute Gasteiger partial charge is 0.322 e. The van der Waals surface area contributed by atoms with Crippen LogP contribution in [0, 0.1) is 0 Å². The molecule has 0 radical (unpaired) electrons. The van der Waals surface area contributed by atoms with E-state index in [1.807, 2.05) is 16.5 Å². The molecule has 154 valence electrons. The van der Waals surface area contributed by atoms with Crippen LogP contribution in [0.15, 0.2) is 30.6 Å². The van der Waals surface area contributed by atoms with E-state index < -0.39 is 0 Å². The zero-order valence-corrected chi connectivity index (χ0v) is 17.0. The van der Waals surface area contributed by atoms with Crippen molar-refractivity contribution in [3.63, 3.8) is 0 Å². The van der Waals surface area contributed by atoms with Crippen molar-refractivity contribution in [2.24, 2.45) is 7.05 Å². The highest BCUT2D eigenvalue weighted by Crippen LogP contribution is 2.31. The zero-order chi connectivity index (χ0) is 20.4. The van der Waals surface area contributed by atoms with Crippen LogP contribution in [0.1, 0.15) is 61.3 Å². The van der Waals surface area contributed by atoms with E-state index in [4.69, 9.17) is 0 Å². The number of aromatic nitrogens is 3. The van der Waals surface area contributed by atoms with Crippen LogP contribution in [0.2, 0.25) is 0 Å². The van der Waals surface area contributed by atoms with Gasteiger partial charge in [0.25, 0.3) is 5.91 Å². The molecule has 0 unspecified atom stereocenters. The molecule has 2 saturated heterocycles. The predicted octanol–water partition coefficient (Wildman–Crippen LogP) is 3.20. The van der Waals surface area contributed by atoms with E-state index in [-0.39, 0.29) is 24.0 Å². The number of nitrogens with one attached hydrogen (secondary N) is 1. The number of hydrogen-bond acceptors (Lipinski definition) is 4. The molecular formula is C21H28N6O2. The van der Waals surface area contributed by atoms with Gasteiger partial charge in [0.15, 0.2) is 5.82 Å². The van der Waals surface area contributed by atoms with Crippen molar-refractivity contribution >= 4 is 17.6 Å². The Kier molecular flexibility index (Phi) is 5.51. The molecule has 0 aliphatic carbocycles. The normalized spacial score (nSPS) is 22.0. The number of anilines is 1. The predicted molar refractivity (Wildman–Crippen MR) is 109 cm³/mol. The molecule has 2 aromatic rings. The molecule has 1 aromatic carbocycles. The van der Waals surface area contributed by atoms with Crippen LogP contribution in [0.4, 0.5) is 10.5 Å². The van der Waals surface area contributed by atoms with Crippen LogP contribution in [0.25, 0.3) is 0 Å². The number of carbonyl (C=O) groups excluding carboxylic acids is 2. The quantitative estimate of drug-likeness (QED) is 0.864. The third kappa shape index (κ3) is 3.97. The third-order valence-corrected chi connectivity index (χ3v) is 6.01. The summed E-state index contributed by atoms with van der Waals surface area (Å²) in [5.74, 6) is 0.867. The van der Waals surface area contributed by atoms with E-state index in [0.717, 1.165) is 38.1 Å². The van der Waals surface area contributed by atoms with E-state index in [9.17, 15) is 9.59 Å². The number of hydrogen-bond donors (Lipinski definition) is 1. The van der Waals surface area contributed by atoms with Crippen LogP contribution >= 0.6 is 0 Å². The Morgan fingerprint density at radius 2 is 1.79 bits per heavy atom. The minimum atomic E-state index is -0.153. The van der Waals surface area contributed by atoms with Gasteiger partial charge in [0.2, 0.25) is 0 Å². The maximum absolute atomic E-state index is 12.8. The van der Waals surface area contributed by atoms with E-state index in [1.54, 1.807) is 35.5 Å². The second-order valence-corrected chi connectivity index (χ2v) is 8.00. The van der Waals surface area contributed by atoms with Gasteiger partial charge in [-0.1, -0.05) is 0 Å². The van der Waals surface area contributed by atoms with Crippen molar-refractivity contribution in [1.82, 2.24) is 24.6 Å². The van der Waals surface area contributed by atoms with Gasteiger partial charge < -0.3 is 19.7 Å². The van der Waals surface area contributed by atoms with Gasteiger partial charge in [0.05, 0.1) is 6.04 Å². The molecule has 3 heterocycles. The van der Waals surface area contributed by atoms with Crippen molar-refractivity contribution in [2.45, 2.75) is 51.1 Å². The Balaban J connectivity index is 1.41. The average Bonchev–Trinajstić information content (AvgIpc) is 3.37. The van der Waals surface area contributed by atoms with Crippen LogP contribution < -0.4 is 5.32 Å². The lowest BCUT2D eigenvalue weighted by Gasteiger charge is -2.33. The second kappa shape index (κ2) is 8.23. The number of urea groups is 1. The average molecular weight is 396 g/mol. The van der Waals surface area contributed by atoms with Gasteiger partial charge in [-0.05, 0) is 63.3 Å². The molecule has 8 heteroatoms. The SMILES string of the molecule is C[C@@H]1CCCCN1C(=O)c1ccc(NC(=O)N2CCC[C@@H]2c2nncn2C)cc1. The maximum atomic E-state index is 12.8. The lowest BCUT2D eigenvalue weighted by atomic mass is 10.0. The monoisotopic (exact) mass is 396 g/mol. The first-order chi connectivity index (χ1) is 14.0. The summed E-state index contributed by atoms with van der Waals surface area (Å²) in [7, 11) is 1.89. The lowest BCUT2D eigenvalue weighted by Crippen LogP contribution is -2.42. The number of nitrogens with zero attached hydrogens (tertiary/aromatic N) is 5. The fourth-order valence-electron chi connectivity index (χ4n) is 4.33. The Morgan fingerprint density at radius 3 is 2.48 bits per heavy atom. The van der Waals surface area contributed by atoms with Gasteiger partial charge >= 0.3 is 6.03 Å². The van der Waals surface area contributed by atoms with Gasteiger partial charge in [0, 0.05) is 37.4 Å². The first kappa shape index (κ1) is 19.4. The molecule has 0 bridgehead atoms. The Bertz CT molecular complexity index is 878. The van der Waals surface area contributed by atoms with Gasteiger partial charge in [-0.3, -0.25) is 4.79 Å². The first-order valence-electron chi connectivity index (χ1n) is 10.4. The highest BCUT2D eigenvalue weighted by Gasteiger charge is 2.33. The molecule has 3 amide bonds. The summed E-state index contributed by atoms with van der Waals surface area (Å²) in [6, 6.07) is 7.25. The molecule has 2 aliphatic heterocycles. The minimum Gasteiger partial charge on any atom is -0.336 e. The van der Waals surface area contributed by atoms with Crippen LogP contribution in [-0.4, -0.2) is 55.6 Å². The molecule has 1 N–H and O–H groups in total. The van der Waals surface area contributed by atoms with Crippen molar-refractivity contribution in [2.75, 3.05) is 18.4 Å². The molecular weight excluding hydrogens is 368 g/mol. The highest BCUT2D eigenvalue weighted by atomic mass is 16.2. The molecule has 0 spiro atoms. The van der Waals surface area contributed by atoms with Gasteiger partial charge in [-0.25, -0.2) is 4.79 Å². The number of amides is 3. The van der Waals surface area contributed by atoms with Gasteiger partial charge in [0.1, 0.15) is 6.33 Å². The van der Waals surface area contributed by atoms with Crippen molar-refractivity contribution in [3.05, 3.63) is 42.0 Å². The molecule has 8 nitrogen and oxygen atoms in total. The molecule has 29 heavy (non-hydrogen) atoms. The number of rotatable bonds is 3. The maximum Gasteiger partial charge on any atom is 0.322 e. The Morgan fingerprint density at radius 1 is 1.03 bits per heavy atom. The van der Waals surface area contributed by atoms with E-state index in [1.165, 1.54) is 6.42 Å². The highest BCUT2D eigenvalue weighted by molar-refractivity contribution is 5.96. The topological polar surface area (TPSA) is 83.4 Å². The third-order valence-electron chi connectivity index (χ3n) is 6.01. The molecule has 1 aromatic heterocycles. The van der Waals surface area contributed by atoms with Crippen molar-refractivity contribution in [3.8, 4) is 0 Å². The first-order valence-corrected chi connectivity index (χ1v) is 10.4. The molecule has 4 rings (SSSR count). The molecule has 0 saturated carbocycles. The number of benzene rings is 1.